The molecule has 0 bridgehead atoms. The van der Waals surface area contributed by atoms with E-state index in [1.54, 1.807) is 13.0 Å². The number of carbonyl (C=O) groups is 1. The molecule has 0 aliphatic rings. The number of halogens is 2. The van der Waals surface area contributed by atoms with E-state index in [2.05, 4.69) is 15.6 Å². The molecule has 0 saturated carbocycles. The van der Waals surface area contributed by atoms with Crippen molar-refractivity contribution < 1.29 is 9.18 Å². The maximum absolute atomic E-state index is 13.3. The highest BCUT2D eigenvalue weighted by molar-refractivity contribution is 7.21. The van der Waals surface area contributed by atoms with Crippen molar-refractivity contribution in [2.75, 3.05) is 0 Å². The Hall–Kier alpha value is -2.25. The monoisotopic (exact) mass is 378 g/mol. The lowest BCUT2D eigenvalue weighted by Gasteiger charge is -2.01. The second-order valence-electron chi connectivity index (χ2n) is 5.51. The smallest absolute Gasteiger partial charge is 0.272 e. The number of hydrogen-bond acceptors (Lipinski definition) is 4. The first kappa shape index (κ1) is 17.6. The first-order chi connectivity index (χ1) is 11.9. The zero-order valence-corrected chi connectivity index (χ0v) is 15.5. The predicted octanol–water partition coefficient (Wildman–Crippen LogP) is 4.37. The number of nitrogens with zero attached hydrogens (tertiary/aromatic N) is 3. The van der Waals surface area contributed by atoms with E-state index in [4.69, 9.17) is 11.6 Å². The number of rotatable bonds is 4. The van der Waals surface area contributed by atoms with Crippen LogP contribution in [0.15, 0.2) is 29.5 Å². The molecule has 0 atom stereocenters. The Balaban J connectivity index is 1.84. The van der Waals surface area contributed by atoms with Crippen molar-refractivity contribution in [3.05, 3.63) is 51.4 Å². The molecular weight excluding hydrogens is 363 g/mol. The molecule has 0 spiro atoms. The maximum Gasteiger partial charge on any atom is 0.283 e. The summed E-state index contributed by atoms with van der Waals surface area (Å²) in [6.45, 7) is 6.44. The minimum absolute atomic E-state index is 0.305. The summed E-state index contributed by atoms with van der Waals surface area (Å²) in [6, 6.07) is 4.25. The van der Waals surface area contributed by atoms with Crippen LogP contribution in [0.5, 0.6) is 0 Å². The first-order valence-corrected chi connectivity index (χ1v) is 8.86. The molecule has 0 radical (unpaired) electrons. The number of aryl methyl sites for hydroxylation is 2. The highest BCUT2D eigenvalue weighted by Crippen LogP contribution is 2.35. The van der Waals surface area contributed by atoms with Crippen LogP contribution in [0.4, 0.5) is 4.39 Å². The summed E-state index contributed by atoms with van der Waals surface area (Å²) < 4.78 is 15.8. The normalized spacial score (nSPS) is 12.0. The van der Waals surface area contributed by atoms with Gasteiger partial charge in [-0.3, -0.25) is 9.48 Å². The van der Waals surface area contributed by atoms with Gasteiger partial charge in [-0.2, -0.15) is 10.2 Å². The summed E-state index contributed by atoms with van der Waals surface area (Å²) in [5, 5.41) is 9.46. The second kappa shape index (κ2) is 6.93. The average Bonchev–Trinajstić information content (AvgIpc) is 3.12. The highest BCUT2D eigenvalue weighted by Gasteiger charge is 2.17. The van der Waals surface area contributed by atoms with Gasteiger partial charge in [0, 0.05) is 28.4 Å². The van der Waals surface area contributed by atoms with Crippen molar-refractivity contribution in [3.8, 4) is 0 Å². The number of aromatic nitrogens is 2. The van der Waals surface area contributed by atoms with Gasteiger partial charge in [0.2, 0.25) is 0 Å². The van der Waals surface area contributed by atoms with E-state index >= 15 is 0 Å². The van der Waals surface area contributed by atoms with Gasteiger partial charge < -0.3 is 0 Å². The third kappa shape index (κ3) is 3.43. The van der Waals surface area contributed by atoms with Crippen molar-refractivity contribution in [2.24, 2.45) is 5.10 Å². The fourth-order valence-corrected chi connectivity index (χ4v) is 3.90. The van der Waals surface area contributed by atoms with Gasteiger partial charge in [-0.05, 0) is 39.0 Å². The molecule has 0 fully saturated rings. The number of nitrogens with one attached hydrogen (secondary N) is 1. The molecule has 1 aromatic carbocycles. The summed E-state index contributed by atoms with van der Waals surface area (Å²) in [5.41, 5.74) is 4.87. The van der Waals surface area contributed by atoms with Crippen LogP contribution in [-0.2, 0) is 6.54 Å². The highest BCUT2D eigenvalue weighted by atomic mass is 35.5. The van der Waals surface area contributed by atoms with E-state index in [1.807, 2.05) is 24.7 Å². The van der Waals surface area contributed by atoms with Crippen molar-refractivity contribution in [2.45, 2.75) is 27.3 Å². The number of hydrogen-bond donors (Lipinski definition) is 1. The Bertz CT molecular complexity index is 992. The van der Waals surface area contributed by atoms with Gasteiger partial charge in [0.25, 0.3) is 5.91 Å². The first-order valence-electron chi connectivity index (χ1n) is 7.67. The van der Waals surface area contributed by atoms with Gasteiger partial charge in [0.05, 0.1) is 16.4 Å². The van der Waals surface area contributed by atoms with Crippen molar-refractivity contribution in [3.63, 3.8) is 0 Å². The van der Waals surface area contributed by atoms with Crippen LogP contribution in [0.1, 0.15) is 34.8 Å². The van der Waals surface area contributed by atoms with E-state index in [0.29, 0.717) is 25.7 Å². The molecule has 2 aromatic heterocycles. The quantitative estimate of drug-likeness (QED) is 0.541. The average molecular weight is 379 g/mol. The zero-order chi connectivity index (χ0) is 18.1. The minimum atomic E-state index is -0.425. The van der Waals surface area contributed by atoms with E-state index < -0.39 is 5.91 Å². The lowest BCUT2D eigenvalue weighted by Crippen LogP contribution is -2.18. The minimum Gasteiger partial charge on any atom is -0.272 e. The maximum atomic E-state index is 13.3. The molecule has 0 aliphatic carbocycles. The summed E-state index contributed by atoms with van der Waals surface area (Å²) in [7, 11) is 0. The molecule has 0 unspecified atom stereocenters. The van der Waals surface area contributed by atoms with Crippen LogP contribution in [0.3, 0.4) is 0 Å². The lowest BCUT2D eigenvalue weighted by molar-refractivity contribution is 0.0959. The van der Waals surface area contributed by atoms with Crippen molar-refractivity contribution in [1.82, 2.24) is 15.2 Å². The molecule has 130 valence electrons. The van der Waals surface area contributed by atoms with Crippen LogP contribution in [0.2, 0.25) is 5.02 Å². The third-order valence-corrected chi connectivity index (χ3v) is 5.44. The number of carbonyl (C=O) groups excluding carboxylic acids is 1. The summed E-state index contributed by atoms with van der Waals surface area (Å²) >= 11 is 7.38. The standard InChI is InChI=1S/C17H16ClFN4OS/c1-4-23-8-13(10(3)22-23)9(2)20-21-17(24)16-15(18)12-6-5-11(19)7-14(12)25-16/h5-8H,4H2,1-3H3,(H,21,24)/b20-9+. The summed E-state index contributed by atoms with van der Waals surface area (Å²) in [4.78, 5) is 12.7. The molecule has 1 N–H and O–H groups in total. The largest absolute Gasteiger partial charge is 0.283 e. The number of benzene rings is 1. The number of hydrazone groups is 1. The van der Waals surface area contributed by atoms with Gasteiger partial charge in [0.1, 0.15) is 10.7 Å². The van der Waals surface area contributed by atoms with E-state index in [1.165, 1.54) is 12.1 Å². The lowest BCUT2D eigenvalue weighted by atomic mass is 10.2. The van der Waals surface area contributed by atoms with E-state index in [-0.39, 0.29) is 5.82 Å². The van der Waals surface area contributed by atoms with Crippen LogP contribution in [0.25, 0.3) is 10.1 Å². The molecular formula is C17H16ClFN4OS. The number of thiophene rings is 1. The van der Waals surface area contributed by atoms with Crippen LogP contribution >= 0.6 is 22.9 Å². The molecule has 25 heavy (non-hydrogen) atoms. The van der Waals surface area contributed by atoms with Gasteiger partial charge >= 0.3 is 0 Å². The Morgan fingerprint density at radius 1 is 1.48 bits per heavy atom. The molecule has 1 amide bonds. The fourth-order valence-electron chi connectivity index (χ4n) is 2.47. The molecule has 0 aliphatic heterocycles. The van der Waals surface area contributed by atoms with Gasteiger partial charge in [-0.15, -0.1) is 11.3 Å². The van der Waals surface area contributed by atoms with Gasteiger partial charge in [-0.25, -0.2) is 9.82 Å². The Morgan fingerprint density at radius 3 is 2.92 bits per heavy atom. The van der Waals surface area contributed by atoms with Gasteiger partial charge in [-0.1, -0.05) is 11.6 Å². The zero-order valence-electron chi connectivity index (χ0n) is 13.9. The molecule has 3 rings (SSSR count). The Labute approximate surface area is 153 Å². The van der Waals surface area contributed by atoms with Crippen LogP contribution in [0, 0.1) is 12.7 Å². The molecule has 8 heteroatoms. The Morgan fingerprint density at radius 2 is 2.24 bits per heavy atom. The molecule has 2 heterocycles. The molecule has 5 nitrogen and oxygen atoms in total. The van der Waals surface area contributed by atoms with Crippen molar-refractivity contribution in [1.29, 1.82) is 0 Å². The Kier molecular flexibility index (Phi) is 4.87. The van der Waals surface area contributed by atoms with E-state index in [0.717, 1.165) is 29.1 Å². The third-order valence-electron chi connectivity index (χ3n) is 3.78. The van der Waals surface area contributed by atoms with Crippen molar-refractivity contribution >= 4 is 44.6 Å². The SMILES string of the molecule is CCn1cc(/C(C)=N/NC(=O)c2sc3cc(F)ccc3c2Cl)c(C)n1. The second-order valence-corrected chi connectivity index (χ2v) is 6.94. The number of fused-ring (bicyclic) bond motifs is 1. The predicted molar refractivity (Wildman–Crippen MR) is 99.1 cm³/mol. The van der Waals surface area contributed by atoms with Crippen LogP contribution < -0.4 is 5.43 Å². The number of amides is 1. The topological polar surface area (TPSA) is 59.3 Å². The fraction of sp³-hybridized carbons (Fsp3) is 0.235. The summed E-state index contributed by atoms with van der Waals surface area (Å²) in [6.07, 6.45) is 1.88. The molecule has 0 saturated heterocycles. The summed E-state index contributed by atoms with van der Waals surface area (Å²) in [5.74, 6) is -0.791. The molecule has 3 aromatic rings. The van der Waals surface area contributed by atoms with E-state index in [9.17, 15) is 9.18 Å². The van der Waals surface area contributed by atoms with Gasteiger partial charge in [0.15, 0.2) is 0 Å². The van der Waals surface area contributed by atoms with Crippen LogP contribution in [-0.4, -0.2) is 21.4 Å².